The second-order valence-corrected chi connectivity index (χ2v) is 5.31. The highest BCUT2D eigenvalue weighted by Crippen LogP contribution is 2.30. The Morgan fingerprint density at radius 3 is 2.63 bits per heavy atom. The molecular formula is C13H16BrFN4. The highest BCUT2D eigenvalue weighted by molar-refractivity contribution is 9.10. The zero-order valence-corrected chi connectivity index (χ0v) is 12.6. The third kappa shape index (κ3) is 2.43. The van der Waals surface area contributed by atoms with Gasteiger partial charge < -0.3 is 0 Å². The molecule has 2 rings (SSSR count). The van der Waals surface area contributed by atoms with Crippen molar-refractivity contribution in [3.05, 3.63) is 51.0 Å². The van der Waals surface area contributed by atoms with Gasteiger partial charge in [0.15, 0.2) is 0 Å². The molecule has 6 heteroatoms. The van der Waals surface area contributed by atoms with Crippen LogP contribution in [0.15, 0.2) is 22.7 Å². The van der Waals surface area contributed by atoms with E-state index >= 15 is 0 Å². The molecule has 0 aliphatic rings. The number of nitrogens with two attached hydrogens (primary N) is 1. The summed E-state index contributed by atoms with van der Waals surface area (Å²) in [5.74, 6) is 5.32. The summed E-state index contributed by atoms with van der Waals surface area (Å²) in [7, 11) is 1.86. The fraction of sp³-hybridized carbons (Fsp3) is 0.308. The molecule has 2 aromatic rings. The largest absolute Gasteiger partial charge is 0.272 e. The molecule has 0 amide bonds. The molecule has 0 bridgehead atoms. The van der Waals surface area contributed by atoms with Crippen molar-refractivity contribution in [2.24, 2.45) is 12.9 Å². The minimum Gasteiger partial charge on any atom is -0.272 e. The Labute approximate surface area is 119 Å². The monoisotopic (exact) mass is 326 g/mol. The molecule has 4 nitrogen and oxygen atoms in total. The summed E-state index contributed by atoms with van der Waals surface area (Å²) in [6, 6.07) is 4.74. The second kappa shape index (κ2) is 5.40. The van der Waals surface area contributed by atoms with E-state index in [9.17, 15) is 4.39 Å². The van der Waals surface area contributed by atoms with Crippen molar-refractivity contribution < 1.29 is 4.39 Å². The Morgan fingerprint density at radius 2 is 2.11 bits per heavy atom. The molecule has 1 heterocycles. The van der Waals surface area contributed by atoms with Gasteiger partial charge in [0, 0.05) is 23.9 Å². The lowest BCUT2D eigenvalue weighted by Gasteiger charge is -2.18. The summed E-state index contributed by atoms with van der Waals surface area (Å²) in [6.07, 6.45) is 0. The van der Waals surface area contributed by atoms with Crippen molar-refractivity contribution in [2.75, 3.05) is 0 Å². The number of hydrogen-bond donors (Lipinski definition) is 2. The average Bonchev–Trinajstić information content (AvgIpc) is 2.62. The molecule has 3 N–H and O–H groups in total. The topological polar surface area (TPSA) is 55.9 Å². The van der Waals surface area contributed by atoms with Gasteiger partial charge in [-0.2, -0.15) is 5.10 Å². The number of halogens is 2. The maximum absolute atomic E-state index is 14.2. The molecule has 0 saturated carbocycles. The minimum atomic E-state index is -0.425. The van der Waals surface area contributed by atoms with Crippen LogP contribution in [0, 0.1) is 19.7 Å². The summed E-state index contributed by atoms with van der Waals surface area (Å²) in [4.78, 5) is 0. The lowest BCUT2D eigenvalue weighted by Crippen LogP contribution is -2.30. The lowest BCUT2D eigenvalue weighted by molar-refractivity contribution is 0.553. The predicted octanol–water partition coefficient (Wildman–Crippen LogP) is 2.49. The first kappa shape index (κ1) is 14.2. The molecule has 0 radical (unpaired) electrons. The fourth-order valence-electron chi connectivity index (χ4n) is 2.28. The molecule has 1 unspecified atom stereocenters. The third-order valence-corrected chi connectivity index (χ3v) is 3.93. The van der Waals surface area contributed by atoms with Gasteiger partial charge in [0.05, 0.1) is 16.2 Å². The number of nitrogens with one attached hydrogen (secondary N) is 1. The maximum atomic E-state index is 14.2. The van der Waals surface area contributed by atoms with E-state index in [1.165, 1.54) is 0 Å². The van der Waals surface area contributed by atoms with Gasteiger partial charge in [-0.25, -0.2) is 9.82 Å². The van der Waals surface area contributed by atoms with Crippen molar-refractivity contribution in [3.63, 3.8) is 0 Å². The standard InChI is InChI=1S/C13H16BrFN4/c1-7-11(8(2)19(3)18-7)13(17-16)9-5-4-6-10(14)12(9)15/h4-6,13,17H,16H2,1-3H3. The Kier molecular flexibility index (Phi) is 4.03. The fourth-order valence-corrected chi connectivity index (χ4v) is 2.66. The van der Waals surface area contributed by atoms with Gasteiger partial charge in [-0.15, -0.1) is 0 Å². The summed E-state index contributed by atoms with van der Waals surface area (Å²) < 4.78 is 16.4. The molecule has 19 heavy (non-hydrogen) atoms. The molecule has 0 aliphatic heterocycles. The Morgan fingerprint density at radius 1 is 1.42 bits per heavy atom. The van der Waals surface area contributed by atoms with Crippen molar-refractivity contribution >= 4 is 15.9 Å². The average molecular weight is 327 g/mol. The summed E-state index contributed by atoms with van der Waals surface area (Å²) >= 11 is 3.19. The van der Waals surface area contributed by atoms with Crippen LogP contribution in [0.25, 0.3) is 0 Å². The van der Waals surface area contributed by atoms with Crippen LogP contribution in [-0.2, 0) is 7.05 Å². The smallest absolute Gasteiger partial charge is 0.142 e. The molecular weight excluding hydrogens is 311 g/mol. The zero-order valence-electron chi connectivity index (χ0n) is 11.0. The van der Waals surface area contributed by atoms with Crippen molar-refractivity contribution in [1.82, 2.24) is 15.2 Å². The van der Waals surface area contributed by atoms with Crippen LogP contribution in [0.2, 0.25) is 0 Å². The molecule has 0 saturated heterocycles. The highest BCUT2D eigenvalue weighted by atomic mass is 79.9. The van der Waals surface area contributed by atoms with E-state index < -0.39 is 6.04 Å². The summed E-state index contributed by atoms with van der Waals surface area (Å²) in [5, 5.41) is 4.34. The van der Waals surface area contributed by atoms with Crippen molar-refractivity contribution in [2.45, 2.75) is 19.9 Å². The van der Waals surface area contributed by atoms with Crippen LogP contribution in [-0.4, -0.2) is 9.78 Å². The number of rotatable bonds is 3. The van der Waals surface area contributed by atoms with E-state index in [-0.39, 0.29) is 5.82 Å². The summed E-state index contributed by atoms with van der Waals surface area (Å²) in [6.45, 7) is 3.83. The maximum Gasteiger partial charge on any atom is 0.142 e. The molecule has 1 aromatic carbocycles. The van der Waals surface area contributed by atoms with E-state index in [1.54, 1.807) is 22.9 Å². The van der Waals surface area contributed by atoms with Crippen LogP contribution in [0.4, 0.5) is 4.39 Å². The molecule has 0 spiro atoms. The van der Waals surface area contributed by atoms with E-state index in [1.807, 2.05) is 20.9 Å². The number of nitrogens with zero attached hydrogens (tertiary/aromatic N) is 2. The molecule has 1 aromatic heterocycles. The Balaban J connectivity index is 2.60. The Bertz CT molecular complexity index is 609. The lowest BCUT2D eigenvalue weighted by atomic mass is 9.97. The summed E-state index contributed by atoms with van der Waals surface area (Å²) in [5.41, 5.74) is 5.88. The van der Waals surface area contributed by atoms with Crippen molar-refractivity contribution in [1.29, 1.82) is 0 Å². The molecule has 102 valence electrons. The van der Waals surface area contributed by atoms with Gasteiger partial charge in [0.2, 0.25) is 0 Å². The van der Waals surface area contributed by atoms with Gasteiger partial charge in [0.25, 0.3) is 0 Å². The van der Waals surface area contributed by atoms with Crippen LogP contribution >= 0.6 is 15.9 Å². The quantitative estimate of drug-likeness (QED) is 0.673. The molecule has 0 aliphatic carbocycles. The number of aryl methyl sites for hydroxylation is 2. The minimum absolute atomic E-state index is 0.312. The predicted molar refractivity (Wildman–Crippen MR) is 75.9 cm³/mol. The van der Waals surface area contributed by atoms with Crippen molar-refractivity contribution in [3.8, 4) is 0 Å². The normalized spacial score (nSPS) is 12.7. The first-order valence-electron chi connectivity index (χ1n) is 5.87. The van der Waals surface area contributed by atoms with Crippen LogP contribution in [0.1, 0.15) is 28.6 Å². The van der Waals surface area contributed by atoms with E-state index in [4.69, 9.17) is 5.84 Å². The molecule has 0 fully saturated rings. The first-order chi connectivity index (χ1) is 8.97. The van der Waals surface area contributed by atoms with Gasteiger partial charge in [0.1, 0.15) is 5.82 Å². The highest BCUT2D eigenvalue weighted by Gasteiger charge is 2.24. The number of hydrogen-bond acceptors (Lipinski definition) is 3. The number of benzene rings is 1. The SMILES string of the molecule is Cc1nn(C)c(C)c1C(NN)c1cccc(Br)c1F. The Hall–Kier alpha value is -1.24. The van der Waals surface area contributed by atoms with Crippen LogP contribution < -0.4 is 11.3 Å². The van der Waals surface area contributed by atoms with E-state index in [0.717, 1.165) is 17.0 Å². The third-order valence-electron chi connectivity index (χ3n) is 3.31. The van der Waals surface area contributed by atoms with Gasteiger partial charge >= 0.3 is 0 Å². The second-order valence-electron chi connectivity index (χ2n) is 4.45. The number of aromatic nitrogens is 2. The van der Waals surface area contributed by atoms with Crippen LogP contribution in [0.3, 0.4) is 0 Å². The van der Waals surface area contributed by atoms with Gasteiger partial charge in [-0.3, -0.25) is 10.5 Å². The molecule has 1 atom stereocenters. The van der Waals surface area contributed by atoms with E-state index in [2.05, 4.69) is 26.5 Å². The first-order valence-corrected chi connectivity index (χ1v) is 6.66. The zero-order chi connectivity index (χ0) is 14.2. The van der Waals surface area contributed by atoms with Gasteiger partial charge in [-0.05, 0) is 35.8 Å². The van der Waals surface area contributed by atoms with Crippen LogP contribution in [0.5, 0.6) is 0 Å². The van der Waals surface area contributed by atoms with Gasteiger partial charge in [-0.1, -0.05) is 12.1 Å². The van der Waals surface area contributed by atoms with E-state index in [0.29, 0.717) is 10.0 Å². The number of hydrazine groups is 1.